The Morgan fingerprint density at radius 2 is 1.76 bits per heavy atom. The number of benzene rings is 2. The highest BCUT2D eigenvalue weighted by atomic mass is 35.5. The van der Waals surface area contributed by atoms with Crippen LogP contribution in [0, 0.1) is 0 Å². The minimum absolute atomic E-state index is 0.256. The lowest BCUT2D eigenvalue weighted by molar-refractivity contribution is 0.249. The van der Waals surface area contributed by atoms with Crippen LogP contribution in [0.4, 0.5) is 10.5 Å². The summed E-state index contributed by atoms with van der Waals surface area (Å²) < 4.78 is 0. The second-order valence-corrected chi connectivity index (χ2v) is 5.78. The van der Waals surface area contributed by atoms with Gasteiger partial charge in [-0.2, -0.15) is 0 Å². The molecule has 1 atom stereocenters. The molecule has 0 fully saturated rings. The Kier molecular flexibility index (Phi) is 5.34. The molecule has 21 heavy (non-hydrogen) atoms. The van der Waals surface area contributed by atoms with Crippen molar-refractivity contribution in [1.29, 1.82) is 0 Å². The molecule has 0 saturated heterocycles. The minimum atomic E-state index is -0.337. The first-order chi connectivity index (χ1) is 9.95. The summed E-state index contributed by atoms with van der Waals surface area (Å²) in [5.41, 5.74) is 1.41. The topological polar surface area (TPSA) is 41.1 Å². The third kappa shape index (κ3) is 4.53. The van der Waals surface area contributed by atoms with Crippen LogP contribution in [0.1, 0.15) is 18.5 Å². The molecular formula is C15H13Cl3N2O. The molecule has 0 radical (unpaired) electrons. The maximum absolute atomic E-state index is 12.0. The van der Waals surface area contributed by atoms with Crippen molar-refractivity contribution in [2.75, 3.05) is 5.32 Å². The number of hydrogen-bond donors (Lipinski definition) is 2. The van der Waals surface area contributed by atoms with Crippen LogP contribution in [-0.4, -0.2) is 6.03 Å². The highest BCUT2D eigenvalue weighted by Gasteiger charge is 2.13. The largest absolute Gasteiger partial charge is 0.331 e. The number of amides is 2. The molecule has 3 nitrogen and oxygen atoms in total. The summed E-state index contributed by atoms with van der Waals surface area (Å²) in [6, 6.07) is 11.5. The summed E-state index contributed by atoms with van der Waals surface area (Å²) >= 11 is 17.8. The van der Waals surface area contributed by atoms with Gasteiger partial charge in [0.15, 0.2) is 0 Å². The quantitative estimate of drug-likeness (QED) is 0.756. The van der Waals surface area contributed by atoms with Gasteiger partial charge in [0.2, 0.25) is 0 Å². The summed E-state index contributed by atoms with van der Waals surface area (Å²) in [5, 5.41) is 7.14. The van der Waals surface area contributed by atoms with E-state index in [1.807, 2.05) is 6.92 Å². The monoisotopic (exact) mass is 342 g/mol. The van der Waals surface area contributed by atoms with E-state index in [0.717, 1.165) is 5.56 Å². The first kappa shape index (κ1) is 16.0. The van der Waals surface area contributed by atoms with Gasteiger partial charge in [0.25, 0.3) is 0 Å². The van der Waals surface area contributed by atoms with E-state index in [2.05, 4.69) is 10.6 Å². The smallest absolute Gasteiger partial charge is 0.319 e. The van der Waals surface area contributed by atoms with Gasteiger partial charge in [0, 0.05) is 20.8 Å². The van der Waals surface area contributed by atoms with E-state index in [0.29, 0.717) is 20.8 Å². The molecular weight excluding hydrogens is 331 g/mol. The normalized spacial score (nSPS) is 11.8. The number of carbonyl (C=O) groups is 1. The Balaban J connectivity index is 2.02. The highest BCUT2D eigenvalue weighted by Crippen LogP contribution is 2.26. The standard InChI is InChI=1S/C15H13Cl3N2O/c1-9(13-6-5-11(17)8-14(13)18)19-15(21)20-12-4-2-3-10(16)7-12/h2-9H,1H3,(H2,19,20,21)/t9-/m1/s1. The number of halogens is 3. The van der Waals surface area contributed by atoms with Gasteiger partial charge < -0.3 is 10.6 Å². The van der Waals surface area contributed by atoms with Gasteiger partial charge >= 0.3 is 6.03 Å². The number of urea groups is 1. The van der Waals surface area contributed by atoms with E-state index >= 15 is 0 Å². The van der Waals surface area contributed by atoms with E-state index < -0.39 is 0 Å². The zero-order chi connectivity index (χ0) is 15.4. The fourth-order valence-corrected chi connectivity index (χ4v) is 2.62. The van der Waals surface area contributed by atoms with Crippen LogP contribution in [0.15, 0.2) is 42.5 Å². The van der Waals surface area contributed by atoms with Gasteiger partial charge in [-0.25, -0.2) is 4.79 Å². The molecule has 0 aliphatic rings. The van der Waals surface area contributed by atoms with E-state index in [1.54, 1.807) is 42.5 Å². The molecule has 0 saturated carbocycles. The molecule has 0 bridgehead atoms. The first-order valence-electron chi connectivity index (χ1n) is 6.24. The average Bonchev–Trinajstić information content (AvgIpc) is 2.38. The third-order valence-corrected chi connectivity index (χ3v) is 3.66. The maximum atomic E-state index is 12.0. The Hall–Kier alpha value is -1.42. The number of anilines is 1. The molecule has 0 heterocycles. The predicted octanol–water partition coefficient (Wildman–Crippen LogP) is 5.53. The van der Waals surface area contributed by atoms with Crippen molar-refractivity contribution in [2.45, 2.75) is 13.0 Å². The van der Waals surface area contributed by atoms with Gasteiger partial charge in [-0.3, -0.25) is 0 Å². The molecule has 6 heteroatoms. The molecule has 0 spiro atoms. The molecule has 2 rings (SSSR count). The third-order valence-electron chi connectivity index (χ3n) is 2.86. The SMILES string of the molecule is C[C@@H](NC(=O)Nc1cccc(Cl)c1)c1ccc(Cl)cc1Cl. The fraction of sp³-hybridized carbons (Fsp3) is 0.133. The van der Waals surface area contributed by atoms with Crippen LogP contribution >= 0.6 is 34.8 Å². The number of carbonyl (C=O) groups excluding carboxylic acids is 1. The number of rotatable bonds is 3. The zero-order valence-corrected chi connectivity index (χ0v) is 13.4. The van der Waals surface area contributed by atoms with Crippen molar-refractivity contribution >= 4 is 46.5 Å². The van der Waals surface area contributed by atoms with Crippen LogP contribution < -0.4 is 10.6 Å². The minimum Gasteiger partial charge on any atom is -0.331 e. The Morgan fingerprint density at radius 1 is 1.05 bits per heavy atom. The predicted molar refractivity (Wildman–Crippen MR) is 88.5 cm³/mol. The van der Waals surface area contributed by atoms with Crippen molar-refractivity contribution in [2.24, 2.45) is 0 Å². The second kappa shape index (κ2) is 7.03. The highest BCUT2D eigenvalue weighted by molar-refractivity contribution is 6.35. The van der Waals surface area contributed by atoms with Crippen molar-refractivity contribution in [3.05, 3.63) is 63.1 Å². The van der Waals surface area contributed by atoms with Crippen LogP contribution in [0.5, 0.6) is 0 Å². The molecule has 0 aromatic heterocycles. The van der Waals surface area contributed by atoms with Crippen molar-refractivity contribution < 1.29 is 4.79 Å². The van der Waals surface area contributed by atoms with Gasteiger partial charge in [-0.05, 0) is 42.8 Å². The summed E-state index contributed by atoms with van der Waals surface area (Å²) in [5.74, 6) is 0. The van der Waals surface area contributed by atoms with Crippen molar-refractivity contribution in [3.63, 3.8) is 0 Å². The van der Waals surface area contributed by atoms with E-state index in [-0.39, 0.29) is 12.1 Å². The summed E-state index contributed by atoms with van der Waals surface area (Å²) in [6.07, 6.45) is 0. The second-order valence-electron chi connectivity index (χ2n) is 4.50. The van der Waals surface area contributed by atoms with Gasteiger partial charge in [0.05, 0.1) is 6.04 Å². The number of nitrogens with one attached hydrogen (secondary N) is 2. The molecule has 2 aromatic rings. The van der Waals surface area contributed by atoms with Crippen LogP contribution in [0.25, 0.3) is 0 Å². The molecule has 0 aliphatic heterocycles. The lowest BCUT2D eigenvalue weighted by Gasteiger charge is -2.16. The maximum Gasteiger partial charge on any atom is 0.319 e. The fourth-order valence-electron chi connectivity index (χ4n) is 1.86. The van der Waals surface area contributed by atoms with Gasteiger partial charge in [-0.15, -0.1) is 0 Å². The van der Waals surface area contributed by atoms with Crippen molar-refractivity contribution in [1.82, 2.24) is 5.32 Å². The van der Waals surface area contributed by atoms with E-state index in [9.17, 15) is 4.79 Å². The molecule has 2 N–H and O–H groups in total. The summed E-state index contributed by atoms with van der Waals surface area (Å²) in [4.78, 5) is 12.0. The lowest BCUT2D eigenvalue weighted by atomic mass is 10.1. The Labute approximate surface area is 138 Å². The van der Waals surface area contributed by atoms with Crippen molar-refractivity contribution in [3.8, 4) is 0 Å². The Bertz CT molecular complexity index is 661. The zero-order valence-electron chi connectivity index (χ0n) is 11.2. The van der Waals surface area contributed by atoms with Gasteiger partial charge in [0.1, 0.15) is 0 Å². The molecule has 2 aromatic carbocycles. The summed E-state index contributed by atoms with van der Waals surface area (Å²) in [6.45, 7) is 1.84. The summed E-state index contributed by atoms with van der Waals surface area (Å²) in [7, 11) is 0. The molecule has 110 valence electrons. The lowest BCUT2D eigenvalue weighted by Crippen LogP contribution is -2.31. The van der Waals surface area contributed by atoms with Gasteiger partial charge in [-0.1, -0.05) is 46.9 Å². The average molecular weight is 344 g/mol. The van der Waals surface area contributed by atoms with Crippen LogP contribution in [-0.2, 0) is 0 Å². The first-order valence-corrected chi connectivity index (χ1v) is 7.37. The Morgan fingerprint density at radius 3 is 2.43 bits per heavy atom. The molecule has 2 amide bonds. The van der Waals surface area contributed by atoms with Crippen LogP contribution in [0.3, 0.4) is 0 Å². The van der Waals surface area contributed by atoms with E-state index in [4.69, 9.17) is 34.8 Å². The molecule has 0 unspecified atom stereocenters. The molecule has 0 aliphatic carbocycles. The van der Waals surface area contributed by atoms with E-state index in [1.165, 1.54) is 0 Å². The van der Waals surface area contributed by atoms with Crippen LogP contribution in [0.2, 0.25) is 15.1 Å². The number of hydrogen-bond acceptors (Lipinski definition) is 1.